The molecule has 0 aromatic heterocycles. The average Bonchev–Trinajstić information content (AvgIpc) is 2.62. The van der Waals surface area contributed by atoms with Gasteiger partial charge in [0.2, 0.25) is 0 Å². The minimum absolute atomic E-state index is 0.0809. The third kappa shape index (κ3) is 3.34. The highest BCUT2D eigenvalue weighted by Gasteiger charge is 2.40. The van der Waals surface area contributed by atoms with E-state index in [0.717, 1.165) is 24.2 Å². The molecule has 2 nitrogen and oxygen atoms in total. The zero-order valence-electron chi connectivity index (χ0n) is 14.2. The standard InChI is InChI=1S/C21H31NO/c23-21-15-19-9-5-4-8-18(19)14-20(21)22-12-10-17(11-13-22)16-6-2-1-3-7-16/h1-3,6-7,17-21,23H,4-5,8-15H2/t18-,19+,20-,21-/m1/s1. The summed E-state index contributed by atoms with van der Waals surface area (Å²) in [5.74, 6) is 2.43. The van der Waals surface area contributed by atoms with Gasteiger partial charge in [-0.15, -0.1) is 0 Å². The van der Waals surface area contributed by atoms with Gasteiger partial charge >= 0.3 is 0 Å². The van der Waals surface area contributed by atoms with Gasteiger partial charge in [-0.1, -0.05) is 56.0 Å². The van der Waals surface area contributed by atoms with Crippen LogP contribution in [0.25, 0.3) is 0 Å². The lowest BCUT2D eigenvalue weighted by Crippen LogP contribution is -2.52. The fourth-order valence-corrected chi connectivity index (χ4v) is 5.52. The van der Waals surface area contributed by atoms with Crippen LogP contribution in [0.2, 0.25) is 0 Å². The Morgan fingerprint density at radius 1 is 0.826 bits per heavy atom. The van der Waals surface area contributed by atoms with Crippen LogP contribution in [0, 0.1) is 11.8 Å². The molecule has 3 fully saturated rings. The predicted octanol–water partition coefficient (Wildman–Crippen LogP) is 4.20. The molecule has 1 aliphatic heterocycles. The number of hydrogen-bond acceptors (Lipinski definition) is 2. The number of aliphatic hydroxyl groups excluding tert-OH is 1. The van der Waals surface area contributed by atoms with Crippen molar-refractivity contribution in [2.45, 2.75) is 69.4 Å². The lowest BCUT2D eigenvalue weighted by molar-refractivity contribution is -0.0386. The van der Waals surface area contributed by atoms with Gasteiger partial charge in [0.15, 0.2) is 0 Å². The fourth-order valence-electron chi connectivity index (χ4n) is 5.52. The van der Waals surface area contributed by atoms with E-state index in [1.165, 1.54) is 63.6 Å². The largest absolute Gasteiger partial charge is 0.391 e. The highest BCUT2D eigenvalue weighted by Crippen LogP contribution is 2.42. The minimum atomic E-state index is -0.0809. The van der Waals surface area contributed by atoms with Crippen molar-refractivity contribution < 1.29 is 5.11 Å². The van der Waals surface area contributed by atoms with E-state index in [-0.39, 0.29) is 6.10 Å². The average molecular weight is 313 g/mol. The van der Waals surface area contributed by atoms with Crippen LogP contribution in [0.15, 0.2) is 30.3 Å². The van der Waals surface area contributed by atoms with Crippen molar-refractivity contribution in [3.05, 3.63) is 35.9 Å². The monoisotopic (exact) mass is 313 g/mol. The van der Waals surface area contributed by atoms with Crippen LogP contribution in [0.4, 0.5) is 0 Å². The normalized spacial score (nSPS) is 36.6. The summed E-state index contributed by atoms with van der Waals surface area (Å²) in [4.78, 5) is 2.62. The molecule has 0 amide bonds. The molecule has 1 N–H and O–H groups in total. The molecule has 1 heterocycles. The Morgan fingerprint density at radius 3 is 2.17 bits per heavy atom. The molecule has 2 heteroatoms. The number of nitrogens with zero attached hydrogens (tertiary/aromatic N) is 1. The van der Waals surface area contributed by atoms with E-state index in [1.54, 1.807) is 0 Å². The molecule has 3 aliphatic rings. The summed E-state index contributed by atoms with van der Waals surface area (Å²) < 4.78 is 0. The van der Waals surface area contributed by atoms with Crippen LogP contribution in [0.1, 0.15) is 62.8 Å². The van der Waals surface area contributed by atoms with E-state index in [2.05, 4.69) is 35.2 Å². The number of aliphatic hydroxyl groups is 1. The van der Waals surface area contributed by atoms with Crippen molar-refractivity contribution in [2.24, 2.45) is 11.8 Å². The Morgan fingerprint density at radius 2 is 1.48 bits per heavy atom. The Kier molecular flexibility index (Phi) is 4.73. The zero-order valence-corrected chi connectivity index (χ0v) is 14.2. The lowest BCUT2D eigenvalue weighted by Gasteiger charge is -2.47. The Bertz CT molecular complexity index is 494. The molecule has 2 saturated carbocycles. The van der Waals surface area contributed by atoms with Crippen molar-refractivity contribution >= 4 is 0 Å². The van der Waals surface area contributed by atoms with Crippen LogP contribution in [0.5, 0.6) is 0 Å². The smallest absolute Gasteiger partial charge is 0.0698 e. The van der Waals surface area contributed by atoms with Gasteiger partial charge in [0, 0.05) is 6.04 Å². The van der Waals surface area contributed by atoms with Gasteiger partial charge in [0.25, 0.3) is 0 Å². The van der Waals surface area contributed by atoms with Crippen LogP contribution in [-0.4, -0.2) is 35.2 Å². The third-order valence-electron chi connectivity index (χ3n) is 6.87. The van der Waals surface area contributed by atoms with E-state index in [1.807, 2.05) is 0 Å². The van der Waals surface area contributed by atoms with Crippen LogP contribution < -0.4 is 0 Å². The zero-order chi connectivity index (χ0) is 15.6. The molecule has 4 atom stereocenters. The number of benzene rings is 1. The number of hydrogen-bond donors (Lipinski definition) is 1. The Balaban J connectivity index is 1.36. The van der Waals surface area contributed by atoms with Crippen molar-refractivity contribution in [1.29, 1.82) is 0 Å². The molecule has 2 aliphatic carbocycles. The Hall–Kier alpha value is -0.860. The first kappa shape index (κ1) is 15.7. The van der Waals surface area contributed by atoms with Crippen molar-refractivity contribution in [3.63, 3.8) is 0 Å². The summed E-state index contributed by atoms with van der Waals surface area (Å²) in [7, 11) is 0. The number of likely N-dealkylation sites (tertiary alicyclic amines) is 1. The summed E-state index contributed by atoms with van der Waals surface area (Å²) >= 11 is 0. The third-order valence-corrected chi connectivity index (χ3v) is 6.87. The molecule has 1 aromatic carbocycles. The second-order valence-electron chi connectivity index (χ2n) is 8.13. The highest BCUT2D eigenvalue weighted by atomic mass is 16.3. The van der Waals surface area contributed by atoms with E-state index < -0.39 is 0 Å². The first-order valence-electron chi connectivity index (χ1n) is 9.78. The molecule has 0 radical (unpaired) electrons. The summed E-state index contributed by atoms with van der Waals surface area (Å²) in [5.41, 5.74) is 1.50. The number of piperidine rings is 1. The van der Waals surface area contributed by atoms with E-state index in [9.17, 15) is 5.11 Å². The van der Waals surface area contributed by atoms with Gasteiger partial charge in [0.1, 0.15) is 0 Å². The maximum atomic E-state index is 10.7. The van der Waals surface area contributed by atoms with E-state index in [4.69, 9.17) is 0 Å². The second-order valence-corrected chi connectivity index (χ2v) is 8.13. The number of fused-ring (bicyclic) bond motifs is 1. The van der Waals surface area contributed by atoms with Gasteiger partial charge in [-0.2, -0.15) is 0 Å². The van der Waals surface area contributed by atoms with Gasteiger partial charge < -0.3 is 5.11 Å². The molecule has 126 valence electrons. The minimum Gasteiger partial charge on any atom is -0.391 e. The SMILES string of the molecule is O[C@@H]1C[C@@H]2CCCC[C@@H]2C[C@H]1N1CCC(c2ccccc2)CC1. The lowest BCUT2D eigenvalue weighted by atomic mass is 9.68. The van der Waals surface area contributed by atoms with Crippen molar-refractivity contribution in [2.75, 3.05) is 13.1 Å². The van der Waals surface area contributed by atoms with Gasteiger partial charge in [0.05, 0.1) is 6.10 Å². The Labute approximate surface area is 140 Å². The van der Waals surface area contributed by atoms with Gasteiger partial charge in [-0.25, -0.2) is 0 Å². The number of rotatable bonds is 2. The molecule has 4 rings (SSSR count). The van der Waals surface area contributed by atoms with Crippen LogP contribution in [-0.2, 0) is 0 Å². The highest BCUT2D eigenvalue weighted by molar-refractivity contribution is 5.20. The summed E-state index contributed by atoms with van der Waals surface area (Å²) in [5, 5.41) is 10.7. The van der Waals surface area contributed by atoms with Crippen LogP contribution in [0.3, 0.4) is 0 Å². The summed E-state index contributed by atoms with van der Waals surface area (Å²) in [6.07, 6.45) is 10.3. The van der Waals surface area contributed by atoms with Crippen molar-refractivity contribution in [1.82, 2.24) is 4.90 Å². The first-order chi connectivity index (χ1) is 11.3. The molecule has 0 bridgehead atoms. The maximum Gasteiger partial charge on any atom is 0.0698 e. The molecular weight excluding hydrogens is 282 g/mol. The van der Waals surface area contributed by atoms with Crippen molar-refractivity contribution in [3.8, 4) is 0 Å². The molecule has 0 spiro atoms. The van der Waals surface area contributed by atoms with Gasteiger partial charge in [-0.05, 0) is 62.1 Å². The topological polar surface area (TPSA) is 23.5 Å². The van der Waals surface area contributed by atoms with Crippen LogP contribution >= 0.6 is 0 Å². The first-order valence-corrected chi connectivity index (χ1v) is 9.78. The molecular formula is C21H31NO. The summed E-state index contributed by atoms with van der Waals surface area (Å²) in [6.45, 7) is 2.33. The predicted molar refractivity (Wildman–Crippen MR) is 94.5 cm³/mol. The maximum absolute atomic E-state index is 10.7. The molecule has 1 aromatic rings. The summed E-state index contributed by atoms with van der Waals surface area (Å²) in [6, 6.07) is 11.4. The van der Waals surface area contributed by atoms with Gasteiger partial charge in [-0.3, -0.25) is 4.90 Å². The molecule has 0 unspecified atom stereocenters. The molecule has 1 saturated heterocycles. The second kappa shape index (κ2) is 6.94. The molecule has 23 heavy (non-hydrogen) atoms. The van der Waals surface area contributed by atoms with E-state index >= 15 is 0 Å². The van der Waals surface area contributed by atoms with E-state index in [0.29, 0.717) is 6.04 Å². The fraction of sp³-hybridized carbons (Fsp3) is 0.714. The quantitative estimate of drug-likeness (QED) is 0.884.